The highest BCUT2D eigenvalue weighted by atomic mass is 35.5. The summed E-state index contributed by atoms with van der Waals surface area (Å²) in [7, 11) is 2.18. The van der Waals surface area contributed by atoms with E-state index in [-0.39, 0.29) is 0 Å². The second kappa shape index (κ2) is 7.78. The van der Waals surface area contributed by atoms with Crippen molar-refractivity contribution < 1.29 is 0 Å². The molecule has 0 fully saturated rings. The number of benzene rings is 1. The van der Waals surface area contributed by atoms with Crippen LogP contribution in [0.2, 0.25) is 5.02 Å². The first-order valence-corrected chi connectivity index (χ1v) is 7.11. The maximum absolute atomic E-state index is 5.91. The third-order valence-corrected chi connectivity index (χ3v) is 3.73. The van der Waals surface area contributed by atoms with E-state index < -0.39 is 0 Å². The molecule has 2 unspecified atom stereocenters. The predicted octanol–water partition coefficient (Wildman–Crippen LogP) is 3.72. The molecule has 0 heterocycles. The topological polar surface area (TPSA) is 15.3 Å². The van der Waals surface area contributed by atoms with E-state index in [1.54, 1.807) is 0 Å². The van der Waals surface area contributed by atoms with E-state index in [0.717, 1.165) is 18.1 Å². The smallest absolute Gasteiger partial charge is 0.0406 e. The van der Waals surface area contributed by atoms with Gasteiger partial charge in [0, 0.05) is 17.1 Å². The number of hydrogen-bond acceptors (Lipinski definition) is 2. The van der Waals surface area contributed by atoms with Crippen LogP contribution < -0.4 is 5.32 Å². The highest BCUT2D eigenvalue weighted by molar-refractivity contribution is 6.30. The Morgan fingerprint density at radius 2 is 1.83 bits per heavy atom. The minimum absolute atomic E-state index is 0.427. The van der Waals surface area contributed by atoms with Crippen LogP contribution in [-0.2, 0) is 0 Å². The molecule has 0 aliphatic heterocycles. The fourth-order valence-electron chi connectivity index (χ4n) is 2.04. The van der Waals surface area contributed by atoms with E-state index in [4.69, 9.17) is 11.6 Å². The van der Waals surface area contributed by atoms with Crippen molar-refractivity contribution in [2.24, 2.45) is 0 Å². The van der Waals surface area contributed by atoms with E-state index in [1.165, 1.54) is 12.0 Å². The van der Waals surface area contributed by atoms with Crippen LogP contribution in [0.15, 0.2) is 24.3 Å². The summed E-state index contributed by atoms with van der Waals surface area (Å²) >= 11 is 5.91. The third-order valence-electron chi connectivity index (χ3n) is 3.48. The summed E-state index contributed by atoms with van der Waals surface area (Å²) in [5, 5.41) is 4.24. The van der Waals surface area contributed by atoms with Crippen molar-refractivity contribution in [3.8, 4) is 0 Å². The molecule has 0 bridgehead atoms. The van der Waals surface area contributed by atoms with E-state index in [2.05, 4.69) is 50.2 Å². The molecule has 2 nitrogen and oxygen atoms in total. The van der Waals surface area contributed by atoms with Crippen LogP contribution in [-0.4, -0.2) is 31.1 Å². The van der Waals surface area contributed by atoms with Crippen molar-refractivity contribution in [3.63, 3.8) is 0 Å². The number of rotatable bonds is 7. The lowest BCUT2D eigenvalue weighted by molar-refractivity contribution is 0.248. The average Bonchev–Trinajstić information content (AvgIpc) is 2.36. The lowest BCUT2D eigenvalue weighted by Gasteiger charge is -2.26. The van der Waals surface area contributed by atoms with Crippen LogP contribution in [0.5, 0.6) is 0 Å². The lowest BCUT2D eigenvalue weighted by atomic mass is 10.1. The zero-order valence-corrected chi connectivity index (χ0v) is 12.7. The summed E-state index contributed by atoms with van der Waals surface area (Å²) in [5.41, 5.74) is 1.32. The van der Waals surface area contributed by atoms with Gasteiger partial charge in [0.05, 0.1) is 0 Å². The first kappa shape index (κ1) is 15.5. The Morgan fingerprint density at radius 3 is 2.39 bits per heavy atom. The molecule has 0 aliphatic carbocycles. The van der Waals surface area contributed by atoms with Gasteiger partial charge < -0.3 is 5.32 Å². The molecule has 102 valence electrons. The molecule has 1 aromatic carbocycles. The Morgan fingerprint density at radius 1 is 1.22 bits per heavy atom. The maximum Gasteiger partial charge on any atom is 0.0406 e. The number of nitrogens with zero attached hydrogens (tertiary/aromatic N) is 1. The highest BCUT2D eigenvalue weighted by Crippen LogP contribution is 2.20. The van der Waals surface area contributed by atoms with Crippen LogP contribution in [0, 0.1) is 0 Å². The normalized spacial score (nSPS) is 14.8. The molecule has 1 aromatic rings. The Balaban J connectivity index is 2.45. The van der Waals surface area contributed by atoms with Gasteiger partial charge in [0.15, 0.2) is 0 Å². The van der Waals surface area contributed by atoms with Gasteiger partial charge in [-0.15, -0.1) is 0 Å². The Bertz CT molecular complexity index is 337. The van der Waals surface area contributed by atoms with Gasteiger partial charge in [0.25, 0.3) is 0 Å². The van der Waals surface area contributed by atoms with Crippen LogP contribution in [0.3, 0.4) is 0 Å². The lowest BCUT2D eigenvalue weighted by Crippen LogP contribution is -2.31. The molecule has 0 radical (unpaired) electrons. The van der Waals surface area contributed by atoms with Crippen LogP contribution in [0.4, 0.5) is 0 Å². The first-order chi connectivity index (χ1) is 8.54. The second-order valence-corrected chi connectivity index (χ2v) is 5.39. The van der Waals surface area contributed by atoms with E-state index in [0.29, 0.717) is 12.1 Å². The SMILES string of the molecule is CCNC(C)CCN(C)C(C)c1ccc(Cl)cc1. The van der Waals surface area contributed by atoms with Crippen molar-refractivity contribution >= 4 is 11.6 Å². The van der Waals surface area contributed by atoms with Gasteiger partial charge in [-0.05, 0) is 58.1 Å². The van der Waals surface area contributed by atoms with E-state index >= 15 is 0 Å². The molecule has 0 saturated carbocycles. The van der Waals surface area contributed by atoms with Gasteiger partial charge in [-0.2, -0.15) is 0 Å². The Kier molecular flexibility index (Phi) is 6.69. The van der Waals surface area contributed by atoms with Gasteiger partial charge in [0.1, 0.15) is 0 Å². The first-order valence-electron chi connectivity index (χ1n) is 6.73. The number of halogens is 1. The summed E-state index contributed by atoms with van der Waals surface area (Å²) in [6.45, 7) is 8.76. The average molecular weight is 269 g/mol. The minimum Gasteiger partial charge on any atom is -0.314 e. The van der Waals surface area contributed by atoms with E-state index in [9.17, 15) is 0 Å². The molecule has 1 N–H and O–H groups in total. The summed E-state index contributed by atoms with van der Waals surface area (Å²) in [4.78, 5) is 2.39. The van der Waals surface area contributed by atoms with Crippen molar-refractivity contribution in [1.82, 2.24) is 10.2 Å². The summed E-state index contributed by atoms with van der Waals surface area (Å²) in [5.74, 6) is 0. The number of nitrogens with one attached hydrogen (secondary N) is 1. The van der Waals surface area contributed by atoms with Gasteiger partial charge in [-0.1, -0.05) is 30.7 Å². The van der Waals surface area contributed by atoms with Crippen LogP contribution in [0.25, 0.3) is 0 Å². The molecule has 2 atom stereocenters. The zero-order valence-electron chi connectivity index (χ0n) is 11.9. The number of hydrogen-bond donors (Lipinski definition) is 1. The molecule has 18 heavy (non-hydrogen) atoms. The highest BCUT2D eigenvalue weighted by Gasteiger charge is 2.12. The van der Waals surface area contributed by atoms with E-state index in [1.807, 2.05) is 12.1 Å². The maximum atomic E-state index is 5.91. The summed E-state index contributed by atoms with van der Waals surface area (Å²) < 4.78 is 0. The largest absolute Gasteiger partial charge is 0.314 e. The van der Waals surface area contributed by atoms with Crippen molar-refractivity contribution in [2.45, 2.75) is 39.3 Å². The van der Waals surface area contributed by atoms with Gasteiger partial charge in [-0.3, -0.25) is 4.90 Å². The van der Waals surface area contributed by atoms with Crippen molar-refractivity contribution in [3.05, 3.63) is 34.9 Å². The van der Waals surface area contributed by atoms with Crippen molar-refractivity contribution in [1.29, 1.82) is 0 Å². The van der Waals surface area contributed by atoms with Crippen LogP contribution in [0.1, 0.15) is 38.8 Å². The molecule has 3 heteroatoms. The summed E-state index contributed by atoms with van der Waals surface area (Å²) in [6.07, 6.45) is 1.17. The molecule has 0 saturated heterocycles. The molecule has 0 spiro atoms. The summed E-state index contributed by atoms with van der Waals surface area (Å²) in [6, 6.07) is 9.14. The molecule has 0 aliphatic rings. The molecular formula is C15H25ClN2. The second-order valence-electron chi connectivity index (χ2n) is 4.96. The minimum atomic E-state index is 0.427. The quantitative estimate of drug-likeness (QED) is 0.811. The predicted molar refractivity (Wildman–Crippen MR) is 80.3 cm³/mol. The molecular weight excluding hydrogens is 244 g/mol. The van der Waals surface area contributed by atoms with Crippen molar-refractivity contribution in [2.75, 3.05) is 20.1 Å². The molecule has 0 amide bonds. The molecule has 1 rings (SSSR count). The zero-order chi connectivity index (χ0) is 13.5. The third kappa shape index (κ3) is 4.97. The Labute approximate surface area is 116 Å². The van der Waals surface area contributed by atoms with Gasteiger partial charge >= 0.3 is 0 Å². The fraction of sp³-hybridized carbons (Fsp3) is 0.600. The molecule has 0 aromatic heterocycles. The Hall–Kier alpha value is -0.570. The van der Waals surface area contributed by atoms with Crippen LogP contribution >= 0.6 is 11.6 Å². The fourth-order valence-corrected chi connectivity index (χ4v) is 2.16. The standard InChI is InChI=1S/C15H25ClN2/c1-5-17-12(2)10-11-18(4)13(3)14-6-8-15(16)9-7-14/h6-9,12-13,17H,5,10-11H2,1-4H3. The monoisotopic (exact) mass is 268 g/mol. The van der Waals surface area contributed by atoms with Gasteiger partial charge in [0.2, 0.25) is 0 Å². The van der Waals surface area contributed by atoms with Gasteiger partial charge in [-0.25, -0.2) is 0 Å².